The Kier molecular flexibility index (Phi) is 5.28. The molecule has 0 amide bonds. The molecule has 11 heavy (non-hydrogen) atoms. The van der Waals surface area contributed by atoms with Gasteiger partial charge in [0, 0.05) is 0 Å². The molecule has 6 nitrogen and oxygen atoms in total. The number of rotatable bonds is 5. The van der Waals surface area contributed by atoms with E-state index >= 15 is 0 Å². The quantitative estimate of drug-likeness (QED) is 0.269. The predicted octanol–water partition coefficient (Wildman–Crippen LogP) is -0.682. The number of thiol groups is 1. The SMILES string of the molecule is O=P(O)(O)OC[C@H](O)COS. The zero-order valence-electron chi connectivity index (χ0n) is 5.45. The number of aliphatic hydroxyl groups excluding tert-OH is 1. The van der Waals surface area contributed by atoms with Crippen LogP contribution in [0.4, 0.5) is 0 Å². The van der Waals surface area contributed by atoms with Crippen molar-refractivity contribution in [3.8, 4) is 0 Å². The summed E-state index contributed by atoms with van der Waals surface area (Å²) in [5.74, 6) is 0. The van der Waals surface area contributed by atoms with E-state index in [1.165, 1.54) is 0 Å². The fourth-order valence-corrected chi connectivity index (χ4v) is 0.856. The van der Waals surface area contributed by atoms with E-state index in [0.717, 1.165) is 0 Å². The fourth-order valence-electron chi connectivity index (χ4n) is 0.317. The first-order chi connectivity index (χ1) is 4.95. The van der Waals surface area contributed by atoms with Crippen molar-refractivity contribution in [2.24, 2.45) is 0 Å². The Hall–Kier alpha value is 0.380. The molecule has 0 aromatic heterocycles. The second kappa shape index (κ2) is 5.10. The van der Waals surface area contributed by atoms with Crippen molar-refractivity contribution in [2.45, 2.75) is 6.10 Å². The monoisotopic (exact) mass is 204 g/mol. The molecule has 0 aliphatic carbocycles. The molecule has 0 radical (unpaired) electrons. The zero-order chi connectivity index (χ0) is 8.91. The van der Waals surface area contributed by atoms with E-state index < -0.39 is 20.5 Å². The maximum Gasteiger partial charge on any atom is 0.469 e. The van der Waals surface area contributed by atoms with E-state index in [0.29, 0.717) is 0 Å². The highest BCUT2D eigenvalue weighted by Crippen LogP contribution is 2.35. The third kappa shape index (κ3) is 8.28. The summed E-state index contributed by atoms with van der Waals surface area (Å²) in [7, 11) is -4.48. The van der Waals surface area contributed by atoms with Gasteiger partial charge in [-0.05, 0) is 12.9 Å². The second-order valence-corrected chi connectivity index (χ2v) is 3.23. The van der Waals surface area contributed by atoms with Gasteiger partial charge in [0.05, 0.1) is 13.2 Å². The molecular formula is C3H9O6PS. The van der Waals surface area contributed by atoms with Crippen LogP contribution < -0.4 is 0 Å². The van der Waals surface area contributed by atoms with Gasteiger partial charge in [0.15, 0.2) is 0 Å². The van der Waals surface area contributed by atoms with Gasteiger partial charge in [-0.2, -0.15) is 0 Å². The topological polar surface area (TPSA) is 96.2 Å². The van der Waals surface area contributed by atoms with Gasteiger partial charge in [-0.25, -0.2) is 4.57 Å². The summed E-state index contributed by atoms with van der Waals surface area (Å²) in [6.45, 7) is -0.631. The molecule has 0 aromatic carbocycles. The third-order valence-corrected chi connectivity index (χ3v) is 1.34. The molecule has 0 unspecified atom stereocenters. The van der Waals surface area contributed by atoms with Crippen LogP contribution in [0.5, 0.6) is 0 Å². The van der Waals surface area contributed by atoms with Gasteiger partial charge < -0.3 is 19.1 Å². The molecule has 0 heterocycles. The van der Waals surface area contributed by atoms with Crippen LogP contribution in [0.15, 0.2) is 0 Å². The molecule has 0 aliphatic heterocycles. The lowest BCUT2D eigenvalue weighted by Gasteiger charge is -2.09. The number of hydrogen-bond acceptors (Lipinski definition) is 5. The number of phosphoric acid groups is 1. The summed E-state index contributed by atoms with van der Waals surface area (Å²) in [6, 6.07) is 0. The van der Waals surface area contributed by atoms with E-state index in [1.54, 1.807) is 0 Å². The molecule has 0 bridgehead atoms. The number of aliphatic hydroxyl groups is 1. The lowest BCUT2D eigenvalue weighted by molar-refractivity contribution is 0.0563. The minimum absolute atomic E-state index is 0.150. The van der Waals surface area contributed by atoms with Crippen LogP contribution in [0.2, 0.25) is 0 Å². The van der Waals surface area contributed by atoms with E-state index in [2.05, 4.69) is 21.6 Å². The zero-order valence-corrected chi connectivity index (χ0v) is 7.24. The van der Waals surface area contributed by atoms with Crippen LogP contribution in [0.25, 0.3) is 0 Å². The molecule has 0 spiro atoms. The number of phosphoric ester groups is 1. The van der Waals surface area contributed by atoms with Crippen LogP contribution in [0.3, 0.4) is 0 Å². The first-order valence-corrected chi connectivity index (χ1v) is 4.50. The molecule has 68 valence electrons. The Bertz CT molecular complexity index is 145. The Labute approximate surface area is 69.0 Å². The van der Waals surface area contributed by atoms with Crippen molar-refractivity contribution >= 4 is 20.7 Å². The minimum Gasteiger partial charge on any atom is -0.388 e. The molecule has 8 heteroatoms. The second-order valence-electron chi connectivity index (χ2n) is 1.74. The summed E-state index contributed by atoms with van der Waals surface area (Å²) in [6.07, 6.45) is -1.08. The lowest BCUT2D eigenvalue weighted by Crippen LogP contribution is -2.19. The van der Waals surface area contributed by atoms with Crippen LogP contribution >= 0.6 is 20.7 Å². The Morgan fingerprint density at radius 1 is 1.45 bits per heavy atom. The molecule has 0 saturated heterocycles. The standard InChI is InChI=1S/C3H9O6PS/c4-3(2-9-11)1-8-10(5,6)7/h3-4,11H,1-2H2,(H2,5,6,7)/t3-/m0/s1. The summed E-state index contributed by atoms with van der Waals surface area (Å²) < 4.78 is 18.2. The van der Waals surface area contributed by atoms with Crippen LogP contribution in [-0.4, -0.2) is 34.2 Å². The summed E-state index contributed by atoms with van der Waals surface area (Å²) >= 11 is 3.32. The van der Waals surface area contributed by atoms with E-state index in [4.69, 9.17) is 14.9 Å². The molecule has 0 rings (SSSR count). The van der Waals surface area contributed by atoms with Gasteiger partial charge in [0.1, 0.15) is 6.10 Å². The van der Waals surface area contributed by atoms with Gasteiger partial charge >= 0.3 is 7.82 Å². The van der Waals surface area contributed by atoms with Crippen LogP contribution in [-0.2, 0) is 13.3 Å². The smallest absolute Gasteiger partial charge is 0.388 e. The largest absolute Gasteiger partial charge is 0.469 e. The average Bonchev–Trinajstić information content (AvgIpc) is 1.83. The maximum absolute atomic E-state index is 10.0. The Morgan fingerprint density at radius 3 is 2.36 bits per heavy atom. The van der Waals surface area contributed by atoms with Crippen molar-refractivity contribution < 1.29 is 28.2 Å². The van der Waals surface area contributed by atoms with Crippen LogP contribution in [0, 0.1) is 0 Å². The van der Waals surface area contributed by atoms with E-state index in [9.17, 15) is 4.57 Å². The van der Waals surface area contributed by atoms with Crippen molar-refractivity contribution in [2.75, 3.05) is 13.2 Å². The van der Waals surface area contributed by atoms with E-state index in [1.807, 2.05) is 0 Å². The highest BCUT2D eigenvalue weighted by Gasteiger charge is 2.16. The lowest BCUT2D eigenvalue weighted by atomic mass is 10.4. The van der Waals surface area contributed by atoms with Crippen molar-refractivity contribution in [1.29, 1.82) is 0 Å². The molecule has 0 aromatic rings. The molecule has 0 aliphatic rings. The summed E-state index contributed by atoms with van der Waals surface area (Å²) in [5.41, 5.74) is 0. The first kappa shape index (κ1) is 11.4. The fraction of sp³-hybridized carbons (Fsp3) is 1.00. The molecule has 0 saturated carbocycles. The van der Waals surface area contributed by atoms with Gasteiger partial charge in [-0.15, -0.1) is 0 Å². The summed E-state index contributed by atoms with van der Waals surface area (Å²) in [5, 5.41) is 8.77. The molecule has 0 fully saturated rings. The number of hydrogen-bond donors (Lipinski definition) is 4. The predicted molar refractivity (Wildman–Crippen MR) is 38.9 cm³/mol. The van der Waals surface area contributed by atoms with Gasteiger partial charge in [0.25, 0.3) is 0 Å². The molecular weight excluding hydrogens is 195 g/mol. The highest BCUT2D eigenvalue weighted by molar-refractivity contribution is 7.75. The normalized spacial score (nSPS) is 14.9. The van der Waals surface area contributed by atoms with Crippen LogP contribution in [0.1, 0.15) is 0 Å². The maximum atomic E-state index is 10.0. The highest BCUT2D eigenvalue weighted by atomic mass is 32.1. The van der Waals surface area contributed by atoms with Crippen molar-refractivity contribution in [3.63, 3.8) is 0 Å². The van der Waals surface area contributed by atoms with Gasteiger partial charge in [-0.3, -0.25) is 4.52 Å². The molecule has 3 N–H and O–H groups in total. The molecule has 1 atom stereocenters. The van der Waals surface area contributed by atoms with Gasteiger partial charge in [0.2, 0.25) is 0 Å². The van der Waals surface area contributed by atoms with Gasteiger partial charge in [-0.1, -0.05) is 0 Å². The average molecular weight is 204 g/mol. The van der Waals surface area contributed by atoms with Crippen molar-refractivity contribution in [3.05, 3.63) is 0 Å². The third-order valence-electron chi connectivity index (χ3n) is 0.702. The minimum atomic E-state index is -4.48. The van der Waals surface area contributed by atoms with E-state index in [-0.39, 0.29) is 6.61 Å². The Balaban J connectivity index is 3.46. The first-order valence-electron chi connectivity index (χ1n) is 2.60. The van der Waals surface area contributed by atoms with Crippen molar-refractivity contribution in [1.82, 2.24) is 0 Å². The Morgan fingerprint density at radius 2 is 2.00 bits per heavy atom. The summed E-state index contributed by atoms with van der Waals surface area (Å²) in [4.78, 5) is 16.3.